The normalized spacial score (nSPS) is 15.0. The topological polar surface area (TPSA) is 89.4 Å². The highest BCUT2D eigenvalue weighted by molar-refractivity contribution is 6.18. The lowest BCUT2D eigenvalue weighted by atomic mass is 10.0. The van der Waals surface area contributed by atoms with Crippen LogP contribution in [0.5, 0.6) is 11.5 Å². The van der Waals surface area contributed by atoms with Crippen LogP contribution in [-0.4, -0.2) is 33.1 Å². The third-order valence-electron chi connectivity index (χ3n) is 7.86. The maximum absolute atomic E-state index is 13.6. The predicted molar refractivity (Wildman–Crippen MR) is 153 cm³/mol. The van der Waals surface area contributed by atoms with Crippen molar-refractivity contribution < 1.29 is 18.7 Å². The molecule has 2 aliphatic rings. The van der Waals surface area contributed by atoms with Gasteiger partial charge >= 0.3 is 0 Å². The van der Waals surface area contributed by atoms with Crippen LogP contribution in [0.2, 0.25) is 0 Å². The van der Waals surface area contributed by atoms with Crippen LogP contribution in [0.1, 0.15) is 18.4 Å². The highest BCUT2D eigenvalue weighted by Gasteiger charge is 2.58. The van der Waals surface area contributed by atoms with Gasteiger partial charge in [-0.1, -0.05) is 6.07 Å². The molecule has 1 fully saturated rings. The first-order valence-corrected chi connectivity index (χ1v) is 13.5. The average Bonchev–Trinajstić information content (AvgIpc) is 3.52. The molecule has 3 heterocycles. The van der Waals surface area contributed by atoms with Gasteiger partial charge in [0.25, 0.3) is 0 Å². The standard InChI is InChI=1S/C32H26FN5O3/c1-37-19-22(18-35-37)20-2-8-26-27(17-20)34-14-10-29(26)41-25-6-4-24(5-7-25)36-30(39)32(12-13-32)31(40)38-15-11-21-16-23(33)3-9-28(21)38/h2-10,14,16-19H,11-13,15H2,1H3,(H,36,39). The molecule has 0 saturated heterocycles. The second-order valence-electron chi connectivity index (χ2n) is 10.6. The summed E-state index contributed by atoms with van der Waals surface area (Å²) >= 11 is 0. The molecule has 0 unspecified atom stereocenters. The average molecular weight is 548 g/mol. The van der Waals surface area contributed by atoms with Gasteiger partial charge in [-0.15, -0.1) is 0 Å². The number of hydrogen-bond donors (Lipinski definition) is 1. The summed E-state index contributed by atoms with van der Waals surface area (Å²) in [6.45, 7) is 0.452. The smallest absolute Gasteiger partial charge is 0.242 e. The third kappa shape index (κ3) is 4.49. The molecule has 1 aliphatic carbocycles. The van der Waals surface area contributed by atoms with Crippen LogP contribution in [0.4, 0.5) is 15.8 Å². The Balaban J connectivity index is 1.04. The molecule has 0 radical (unpaired) electrons. The van der Waals surface area contributed by atoms with Crippen molar-refractivity contribution in [3.63, 3.8) is 0 Å². The number of carbonyl (C=O) groups excluding carboxylic acids is 2. The number of aromatic nitrogens is 3. The van der Waals surface area contributed by atoms with Gasteiger partial charge in [0.05, 0.1) is 11.7 Å². The molecular weight excluding hydrogens is 521 g/mol. The van der Waals surface area contributed by atoms with E-state index in [4.69, 9.17) is 4.74 Å². The van der Waals surface area contributed by atoms with E-state index in [0.717, 1.165) is 27.6 Å². The number of halogens is 1. The number of benzene rings is 3. The van der Waals surface area contributed by atoms with Crippen molar-refractivity contribution in [1.82, 2.24) is 14.8 Å². The van der Waals surface area contributed by atoms with Gasteiger partial charge in [-0.2, -0.15) is 5.10 Å². The zero-order chi connectivity index (χ0) is 28.1. The first-order valence-electron chi connectivity index (χ1n) is 13.5. The van der Waals surface area contributed by atoms with E-state index < -0.39 is 5.41 Å². The lowest BCUT2D eigenvalue weighted by molar-refractivity contribution is -0.132. The van der Waals surface area contributed by atoms with Crippen LogP contribution in [0.25, 0.3) is 22.0 Å². The molecule has 0 atom stereocenters. The molecular formula is C32H26FN5O3. The molecule has 9 heteroatoms. The molecule has 2 amide bonds. The monoisotopic (exact) mass is 547 g/mol. The Morgan fingerprint density at radius 3 is 2.59 bits per heavy atom. The van der Waals surface area contributed by atoms with E-state index in [-0.39, 0.29) is 17.6 Å². The van der Waals surface area contributed by atoms with E-state index >= 15 is 0 Å². The lowest BCUT2D eigenvalue weighted by Gasteiger charge is -2.23. The Morgan fingerprint density at radius 2 is 1.83 bits per heavy atom. The largest absolute Gasteiger partial charge is 0.457 e. The summed E-state index contributed by atoms with van der Waals surface area (Å²) in [5, 5.41) is 8.02. The Kier molecular flexibility index (Phi) is 5.81. The summed E-state index contributed by atoms with van der Waals surface area (Å²) in [5.41, 5.74) is 3.80. The molecule has 0 spiro atoms. The second-order valence-corrected chi connectivity index (χ2v) is 10.6. The molecule has 8 nitrogen and oxygen atoms in total. The minimum absolute atomic E-state index is 0.225. The lowest BCUT2D eigenvalue weighted by Crippen LogP contribution is -2.42. The van der Waals surface area contributed by atoms with Crippen LogP contribution in [-0.2, 0) is 23.1 Å². The zero-order valence-corrected chi connectivity index (χ0v) is 22.3. The van der Waals surface area contributed by atoms with Crippen LogP contribution >= 0.6 is 0 Å². The summed E-state index contributed by atoms with van der Waals surface area (Å²) in [6.07, 6.45) is 7.04. The van der Waals surface area contributed by atoms with Crippen molar-refractivity contribution in [2.24, 2.45) is 12.5 Å². The fourth-order valence-corrected chi connectivity index (χ4v) is 5.45. The number of nitrogens with zero attached hydrogens (tertiary/aromatic N) is 4. The summed E-state index contributed by atoms with van der Waals surface area (Å²) in [7, 11) is 1.88. The van der Waals surface area contributed by atoms with Gasteiger partial charge < -0.3 is 15.0 Å². The van der Waals surface area contributed by atoms with Crippen molar-refractivity contribution in [2.75, 3.05) is 16.8 Å². The number of ether oxygens (including phenoxy) is 1. The fraction of sp³-hybridized carbons (Fsp3) is 0.188. The van der Waals surface area contributed by atoms with Crippen molar-refractivity contribution in [2.45, 2.75) is 19.3 Å². The maximum Gasteiger partial charge on any atom is 0.242 e. The first-order chi connectivity index (χ1) is 19.9. The first kappa shape index (κ1) is 25.0. The molecule has 0 bridgehead atoms. The number of nitrogens with one attached hydrogen (secondary N) is 1. The quantitative estimate of drug-likeness (QED) is 0.269. The molecule has 1 saturated carbocycles. The van der Waals surface area contributed by atoms with Crippen molar-refractivity contribution >= 4 is 34.1 Å². The van der Waals surface area contributed by atoms with Crippen molar-refractivity contribution in [1.29, 1.82) is 0 Å². The summed E-state index contributed by atoms with van der Waals surface area (Å²) in [6, 6.07) is 19.3. The van der Waals surface area contributed by atoms with E-state index in [1.807, 2.05) is 43.7 Å². The molecule has 1 N–H and O–H groups in total. The summed E-state index contributed by atoms with van der Waals surface area (Å²) < 4.78 is 21.6. The Hall–Kier alpha value is -5.05. The van der Waals surface area contributed by atoms with Crippen LogP contribution in [0.15, 0.2) is 85.3 Å². The van der Waals surface area contributed by atoms with Crippen LogP contribution < -0.4 is 15.0 Å². The van der Waals surface area contributed by atoms with Gasteiger partial charge in [0, 0.05) is 48.3 Å². The number of pyridine rings is 1. The fourth-order valence-electron chi connectivity index (χ4n) is 5.45. The summed E-state index contributed by atoms with van der Waals surface area (Å²) in [5.74, 6) is 0.395. The molecule has 204 valence electrons. The third-order valence-corrected chi connectivity index (χ3v) is 7.86. The van der Waals surface area contributed by atoms with Gasteiger partial charge in [0.1, 0.15) is 22.7 Å². The molecule has 41 heavy (non-hydrogen) atoms. The molecule has 2 aromatic heterocycles. The zero-order valence-electron chi connectivity index (χ0n) is 22.3. The van der Waals surface area contributed by atoms with Crippen molar-refractivity contribution in [3.05, 3.63) is 96.7 Å². The Morgan fingerprint density at radius 1 is 1.00 bits per heavy atom. The number of carbonyl (C=O) groups is 2. The SMILES string of the molecule is Cn1cc(-c2ccc3c(Oc4ccc(NC(=O)C5(C(=O)N6CCc7cc(F)ccc76)CC5)cc4)ccnc3c2)cn1. The van der Waals surface area contributed by atoms with E-state index in [2.05, 4.69) is 15.4 Å². The summed E-state index contributed by atoms with van der Waals surface area (Å²) in [4.78, 5) is 32.8. The van der Waals surface area contributed by atoms with Gasteiger partial charge in [-0.3, -0.25) is 19.3 Å². The highest BCUT2D eigenvalue weighted by atomic mass is 19.1. The predicted octanol–water partition coefficient (Wildman–Crippen LogP) is 5.87. The minimum atomic E-state index is -1.09. The number of rotatable bonds is 6. The van der Waals surface area contributed by atoms with Gasteiger partial charge in [0.15, 0.2) is 0 Å². The molecule has 5 aromatic rings. The van der Waals surface area contributed by atoms with E-state index in [9.17, 15) is 14.0 Å². The van der Waals surface area contributed by atoms with Gasteiger partial charge in [0.2, 0.25) is 11.8 Å². The number of amides is 2. The number of aryl methyl sites for hydroxylation is 1. The second kappa shape index (κ2) is 9.55. The van der Waals surface area contributed by atoms with Crippen LogP contribution in [0.3, 0.4) is 0 Å². The molecule has 1 aliphatic heterocycles. The highest BCUT2D eigenvalue weighted by Crippen LogP contribution is 2.50. The molecule has 3 aromatic carbocycles. The number of anilines is 2. The van der Waals surface area contributed by atoms with E-state index in [1.165, 1.54) is 12.1 Å². The Labute approximate surface area is 235 Å². The van der Waals surface area contributed by atoms with Gasteiger partial charge in [-0.05, 0) is 91.1 Å². The van der Waals surface area contributed by atoms with Crippen molar-refractivity contribution in [3.8, 4) is 22.6 Å². The van der Waals surface area contributed by atoms with E-state index in [1.54, 1.807) is 46.1 Å². The number of fused-ring (bicyclic) bond motifs is 2. The van der Waals surface area contributed by atoms with Gasteiger partial charge in [-0.25, -0.2) is 4.39 Å². The Bertz CT molecular complexity index is 1830. The number of hydrogen-bond acceptors (Lipinski definition) is 5. The maximum atomic E-state index is 13.6. The van der Waals surface area contributed by atoms with Crippen LogP contribution in [0, 0.1) is 11.2 Å². The van der Waals surface area contributed by atoms with E-state index in [0.29, 0.717) is 48.7 Å². The minimum Gasteiger partial charge on any atom is -0.457 e. The molecule has 7 rings (SSSR count).